The molecule has 0 bridgehead atoms. The predicted octanol–water partition coefficient (Wildman–Crippen LogP) is 2.84. The number of guanidine groups is 1. The normalized spacial score (nSPS) is 19.4. The van der Waals surface area contributed by atoms with E-state index in [9.17, 15) is 0 Å². The molecule has 0 amide bonds. The molecule has 6 heteroatoms. The van der Waals surface area contributed by atoms with Gasteiger partial charge in [-0.2, -0.15) is 0 Å². The summed E-state index contributed by atoms with van der Waals surface area (Å²) < 4.78 is 5.41. The zero-order valence-corrected chi connectivity index (χ0v) is 18.9. The highest BCUT2D eigenvalue weighted by Gasteiger charge is 2.10. The number of rotatable bonds is 9. The summed E-state index contributed by atoms with van der Waals surface area (Å²) in [5.41, 5.74) is 2.68. The van der Waals surface area contributed by atoms with E-state index in [-0.39, 0.29) is 0 Å². The molecule has 0 aliphatic carbocycles. The molecule has 2 aliphatic heterocycles. The molecule has 2 fully saturated rings. The van der Waals surface area contributed by atoms with E-state index < -0.39 is 0 Å². The standard InChI is InChI=1S/C24H41N5O/c1-2-25-24(26-12-7-15-28-16-18-30-19-17-28)27-20-22-8-10-23(11-9-22)21-29-13-5-3-4-6-14-29/h8-11H,2-7,12-21H2,1H3,(H2,25,26,27). The van der Waals surface area contributed by atoms with Gasteiger partial charge in [-0.15, -0.1) is 0 Å². The number of aliphatic imine (C=N–C) groups is 1. The Morgan fingerprint density at radius 3 is 2.30 bits per heavy atom. The van der Waals surface area contributed by atoms with Gasteiger partial charge >= 0.3 is 0 Å². The fourth-order valence-electron chi connectivity index (χ4n) is 4.15. The van der Waals surface area contributed by atoms with Crippen molar-refractivity contribution in [3.8, 4) is 0 Å². The van der Waals surface area contributed by atoms with Gasteiger partial charge in [0.05, 0.1) is 19.8 Å². The minimum Gasteiger partial charge on any atom is -0.379 e. The second kappa shape index (κ2) is 13.6. The van der Waals surface area contributed by atoms with Crippen LogP contribution in [0.4, 0.5) is 0 Å². The first kappa shape index (κ1) is 23.0. The maximum absolute atomic E-state index is 5.41. The predicted molar refractivity (Wildman–Crippen MR) is 125 cm³/mol. The molecule has 0 aromatic heterocycles. The van der Waals surface area contributed by atoms with E-state index in [1.807, 2.05) is 0 Å². The molecule has 0 spiro atoms. The SMILES string of the molecule is CCNC(=NCc1ccc(CN2CCCCCC2)cc1)NCCCN1CCOCC1. The fraction of sp³-hybridized carbons (Fsp3) is 0.708. The molecule has 2 N–H and O–H groups in total. The lowest BCUT2D eigenvalue weighted by molar-refractivity contribution is 0.0376. The summed E-state index contributed by atoms with van der Waals surface area (Å²) in [4.78, 5) is 9.85. The Morgan fingerprint density at radius 1 is 0.900 bits per heavy atom. The summed E-state index contributed by atoms with van der Waals surface area (Å²) in [6.45, 7) is 13.2. The van der Waals surface area contributed by atoms with Gasteiger partial charge in [-0.1, -0.05) is 37.1 Å². The van der Waals surface area contributed by atoms with Gasteiger partial charge in [-0.05, 0) is 56.9 Å². The molecule has 2 heterocycles. The zero-order valence-electron chi connectivity index (χ0n) is 18.9. The van der Waals surface area contributed by atoms with E-state index in [0.29, 0.717) is 6.54 Å². The van der Waals surface area contributed by atoms with E-state index in [1.165, 1.54) is 49.9 Å². The van der Waals surface area contributed by atoms with E-state index in [1.54, 1.807) is 0 Å². The first-order valence-electron chi connectivity index (χ1n) is 12.0. The van der Waals surface area contributed by atoms with Crippen LogP contribution in [0.3, 0.4) is 0 Å². The van der Waals surface area contributed by atoms with Crippen LogP contribution in [-0.2, 0) is 17.8 Å². The molecule has 30 heavy (non-hydrogen) atoms. The van der Waals surface area contributed by atoms with Crippen LogP contribution in [0.15, 0.2) is 29.3 Å². The van der Waals surface area contributed by atoms with Crippen molar-refractivity contribution in [1.29, 1.82) is 0 Å². The molecular formula is C24H41N5O. The van der Waals surface area contributed by atoms with Crippen LogP contribution in [-0.4, -0.2) is 74.8 Å². The van der Waals surface area contributed by atoms with Gasteiger partial charge < -0.3 is 15.4 Å². The maximum Gasteiger partial charge on any atom is 0.191 e. The number of ether oxygens (including phenoxy) is 1. The second-order valence-electron chi connectivity index (χ2n) is 8.44. The van der Waals surface area contributed by atoms with Crippen molar-refractivity contribution in [1.82, 2.24) is 20.4 Å². The quantitative estimate of drug-likeness (QED) is 0.369. The lowest BCUT2D eigenvalue weighted by atomic mass is 10.1. The number of morpholine rings is 1. The zero-order chi connectivity index (χ0) is 20.9. The molecule has 2 aliphatic rings. The average molecular weight is 416 g/mol. The van der Waals surface area contributed by atoms with Gasteiger partial charge in [0.15, 0.2) is 5.96 Å². The summed E-state index contributed by atoms with van der Waals surface area (Å²) in [5.74, 6) is 0.910. The third-order valence-corrected chi connectivity index (χ3v) is 5.94. The molecule has 0 unspecified atom stereocenters. The van der Waals surface area contributed by atoms with E-state index in [2.05, 4.69) is 51.6 Å². The summed E-state index contributed by atoms with van der Waals surface area (Å²) in [5, 5.41) is 6.84. The highest BCUT2D eigenvalue weighted by atomic mass is 16.5. The van der Waals surface area contributed by atoms with E-state index >= 15 is 0 Å². The Hall–Kier alpha value is -1.63. The first-order valence-corrected chi connectivity index (χ1v) is 12.0. The number of benzene rings is 1. The van der Waals surface area contributed by atoms with Crippen LogP contribution >= 0.6 is 0 Å². The highest BCUT2D eigenvalue weighted by Crippen LogP contribution is 2.14. The Balaban J connectivity index is 1.40. The summed E-state index contributed by atoms with van der Waals surface area (Å²) in [7, 11) is 0. The Kier molecular flexibility index (Phi) is 10.5. The monoisotopic (exact) mass is 415 g/mol. The summed E-state index contributed by atoms with van der Waals surface area (Å²) in [6.07, 6.45) is 6.60. The first-order chi connectivity index (χ1) is 14.8. The van der Waals surface area contributed by atoms with Crippen LogP contribution in [0.25, 0.3) is 0 Å². The van der Waals surface area contributed by atoms with Gasteiger partial charge in [-0.25, -0.2) is 4.99 Å². The average Bonchev–Trinajstić information content (AvgIpc) is 3.05. The van der Waals surface area contributed by atoms with Crippen LogP contribution in [0.1, 0.15) is 50.2 Å². The fourth-order valence-corrected chi connectivity index (χ4v) is 4.15. The van der Waals surface area contributed by atoms with Crippen LogP contribution in [0.2, 0.25) is 0 Å². The molecule has 168 valence electrons. The topological polar surface area (TPSA) is 52.1 Å². The van der Waals surface area contributed by atoms with Gasteiger partial charge in [-0.3, -0.25) is 9.80 Å². The Morgan fingerprint density at radius 2 is 1.60 bits per heavy atom. The molecule has 0 radical (unpaired) electrons. The Bertz CT molecular complexity index is 605. The molecule has 2 saturated heterocycles. The number of hydrogen-bond acceptors (Lipinski definition) is 4. The molecule has 0 saturated carbocycles. The van der Waals surface area contributed by atoms with Crippen molar-refractivity contribution < 1.29 is 4.74 Å². The van der Waals surface area contributed by atoms with Crippen molar-refractivity contribution >= 4 is 5.96 Å². The number of nitrogens with one attached hydrogen (secondary N) is 2. The van der Waals surface area contributed by atoms with Crippen LogP contribution in [0.5, 0.6) is 0 Å². The minimum atomic E-state index is 0.711. The maximum atomic E-state index is 5.41. The molecule has 1 aromatic carbocycles. The Labute approximate surface area is 183 Å². The van der Waals surface area contributed by atoms with Gasteiger partial charge in [0.2, 0.25) is 0 Å². The van der Waals surface area contributed by atoms with Crippen molar-refractivity contribution in [2.45, 2.75) is 52.1 Å². The van der Waals surface area contributed by atoms with Crippen LogP contribution < -0.4 is 10.6 Å². The molecular weight excluding hydrogens is 374 g/mol. The van der Waals surface area contributed by atoms with Gasteiger partial charge in [0, 0.05) is 32.7 Å². The van der Waals surface area contributed by atoms with Crippen molar-refractivity contribution in [3.63, 3.8) is 0 Å². The highest BCUT2D eigenvalue weighted by molar-refractivity contribution is 5.79. The van der Waals surface area contributed by atoms with E-state index in [0.717, 1.165) is 64.9 Å². The second-order valence-corrected chi connectivity index (χ2v) is 8.44. The van der Waals surface area contributed by atoms with Crippen molar-refractivity contribution in [2.24, 2.45) is 4.99 Å². The third-order valence-electron chi connectivity index (χ3n) is 5.94. The summed E-state index contributed by atoms with van der Waals surface area (Å²) >= 11 is 0. The smallest absolute Gasteiger partial charge is 0.191 e. The van der Waals surface area contributed by atoms with E-state index in [4.69, 9.17) is 9.73 Å². The lowest BCUT2D eigenvalue weighted by Crippen LogP contribution is -2.40. The molecule has 1 aromatic rings. The minimum absolute atomic E-state index is 0.711. The van der Waals surface area contributed by atoms with Crippen molar-refractivity contribution in [2.75, 3.05) is 59.0 Å². The largest absolute Gasteiger partial charge is 0.379 e. The van der Waals surface area contributed by atoms with Crippen molar-refractivity contribution in [3.05, 3.63) is 35.4 Å². The van der Waals surface area contributed by atoms with Gasteiger partial charge in [0.1, 0.15) is 0 Å². The summed E-state index contributed by atoms with van der Waals surface area (Å²) in [6, 6.07) is 9.02. The number of likely N-dealkylation sites (tertiary alicyclic amines) is 1. The molecule has 0 atom stereocenters. The third kappa shape index (κ3) is 8.62. The number of nitrogens with zero attached hydrogens (tertiary/aromatic N) is 3. The lowest BCUT2D eigenvalue weighted by Gasteiger charge is -2.26. The number of hydrogen-bond donors (Lipinski definition) is 2. The molecule has 6 nitrogen and oxygen atoms in total. The molecule has 3 rings (SSSR count). The van der Waals surface area contributed by atoms with Crippen LogP contribution in [0, 0.1) is 0 Å². The van der Waals surface area contributed by atoms with Gasteiger partial charge in [0.25, 0.3) is 0 Å².